The van der Waals surface area contributed by atoms with Crippen LogP contribution in [-0.2, 0) is 4.74 Å². The Hall–Kier alpha value is -1.05. The first kappa shape index (κ1) is 11.0. The first-order valence-electron chi connectivity index (χ1n) is 4.35. The van der Waals surface area contributed by atoms with Crippen LogP contribution in [0.5, 0.6) is 0 Å². The molecule has 12 heavy (non-hydrogen) atoms. The third kappa shape index (κ3) is 5.71. The number of ether oxygens (including phenoxy) is 1. The molecule has 0 fully saturated rings. The highest BCUT2D eigenvalue weighted by atomic mass is 16.5. The van der Waals surface area contributed by atoms with Gasteiger partial charge in [-0.25, -0.2) is 4.58 Å². The van der Waals surface area contributed by atoms with Crippen LogP contribution >= 0.6 is 0 Å². The molecule has 0 aliphatic heterocycles. The maximum atomic E-state index is 4.83. The molecule has 0 spiro atoms. The van der Waals surface area contributed by atoms with Crippen LogP contribution < -0.4 is 0 Å². The summed E-state index contributed by atoms with van der Waals surface area (Å²) in [7, 11) is 0. The van der Waals surface area contributed by atoms with Gasteiger partial charge in [0.25, 0.3) is 0 Å². The topological polar surface area (TPSA) is 12.2 Å². The zero-order chi connectivity index (χ0) is 9.23. The second kappa shape index (κ2) is 8.05. The highest BCUT2D eigenvalue weighted by molar-refractivity contribution is 5.65. The third-order valence-electron chi connectivity index (χ3n) is 1.47. The van der Waals surface area contributed by atoms with Crippen LogP contribution in [0.15, 0.2) is 25.2 Å². The molecule has 0 bridgehead atoms. The van der Waals surface area contributed by atoms with Crippen molar-refractivity contribution in [1.29, 1.82) is 0 Å². The molecule has 0 atom stereocenters. The van der Waals surface area contributed by atoms with Crippen molar-refractivity contribution >= 4 is 6.21 Å². The number of rotatable bonds is 6. The van der Waals surface area contributed by atoms with Gasteiger partial charge in [-0.15, -0.1) is 0 Å². The highest BCUT2D eigenvalue weighted by Crippen LogP contribution is 1.81. The molecule has 0 rings (SSSR count). The fourth-order valence-electron chi connectivity index (χ4n) is 0.883. The van der Waals surface area contributed by atoms with Crippen molar-refractivity contribution < 1.29 is 9.31 Å². The molecule has 68 valence electrons. The van der Waals surface area contributed by atoms with Crippen LogP contribution in [0.2, 0.25) is 0 Å². The van der Waals surface area contributed by atoms with Crippen LogP contribution in [0.3, 0.4) is 0 Å². The van der Waals surface area contributed by atoms with Crippen molar-refractivity contribution in [3.8, 4) is 0 Å². The van der Waals surface area contributed by atoms with Gasteiger partial charge in [0.15, 0.2) is 6.21 Å². The molecule has 0 aliphatic carbocycles. The van der Waals surface area contributed by atoms with Gasteiger partial charge in [-0.05, 0) is 6.92 Å². The van der Waals surface area contributed by atoms with Crippen molar-refractivity contribution in [2.24, 2.45) is 0 Å². The molecule has 0 heterocycles. The maximum Gasteiger partial charge on any atom is 0.166 e. The van der Waals surface area contributed by atoms with E-state index in [-0.39, 0.29) is 0 Å². The molecular formula is C10H18NO+. The van der Waals surface area contributed by atoms with Gasteiger partial charge < -0.3 is 4.74 Å². The van der Waals surface area contributed by atoms with E-state index in [1.165, 1.54) is 12.7 Å². The summed E-state index contributed by atoms with van der Waals surface area (Å²) in [6, 6.07) is 0. The molecule has 0 saturated carbocycles. The van der Waals surface area contributed by atoms with Crippen LogP contribution in [0.4, 0.5) is 0 Å². The zero-order valence-electron chi connectivity index (χ0n) is 7.99. The molecule has 0 unspecified atom stereocenters. The minimum absolute atomic E-state index is 1.03. The van der Waals surface area contributed by atoms with Gasteiger partial charge in [0.1, 0.15) is 13.1 Å². The van der Waals surface area contributed by atoms with E-state index in [1.807, 2.05) is 12.3 Å². The summed E-state index contributed by atoms with van der Waals surface area (Å²) in [4.78, 5) is 0. The first-order chi connectivity index (χ1) is 5.85. The Balaban J connectivity index is 3.83. The SMILES string of the molecule is C=CO/C=C/C=[N+](\CC)CCC. The minimum atomic E-state index is 1.03. The Morgan fingerprint density at radius 3 is 2.67 bits per heavy atom. The third-order valence-corrected chi connectivity index (χ3v) is 1.47. The average Bonchev–Trinajstić information content (AvgIpc) is 2.10. The minimum Gasteiger partial charge on any atom is -0.473 e. The van der Waals surface area contributed by atoms with Gasteiger partial charge in [0, 0.05) is 12.5 Å². The summed E-state index contributed by atoms with van der Waals surface area (Å²) in [6.45, 7) is 9.86. The second-order valence-corrected chi connectivity index (χ2v) is 2.41. The highest BCUT2D eigenvalue weighted by Gasteiger charge is 1.93. The number of allylic oxidation sites excluding steroid dienone is 1. The number of hydrogen-bond acceptors (Lipinski definition) is 1. The molecule has 0 aliphatic rings. The van der Waals surface area contributed by atoms with E-state index in [0.717, 1.165) is 13.1 Å². The predicted octanol–water partition coefficient (Wildman–Crippen LogP) is 2.17. The van der Waals surface area contributed by atoms with Gasteiger partial charge in [-0.2, -0.15) is 0 Å². The van der Waals surface area contributed by atoms with E-state index in [0.29, 0.717) is 0 Å². The molecule has 0 amide bonds. The Morgan fingerprint density at radius 2 is 2.17 bits per heavy atom. The Morgan fingerprint density at radius 1 is 1.42 bits per heavy atom. The summed E-state index contributed by atoms with van der Waals surface area (Å²) in [6.07, 6.45) is 8.08. The Kier molecular flexibility index (Phi) is 7.35. The van der Waals surface area contributed by atoms with Gasteiger partial charge in [0.05, 0.1) is 12.5 Å². The molecule has 0 radical (unpaired) electrons. The molecule has 0 aromatic rings. The lowest BCUT2D eigenvalue weighted by atomic mass is 10.4. The lowest BCUT2D eigenvalue weighted by molar-refractivity contribution is -0.519. The Labute approximate surface area is 74.9 Å². The molecule has 0 aromatic carbocycles. The Bertz CT molecular complexity index is 171. The fraction of sp³-hybridized carbons (Fsp3) is 0.500. The summed E-state index contributed by atoms with van der Waals surface area (Å²) in [5, 5.41) is 0. The van der Waals surface area contributed by atoms with Crippen molar-refractivity contribution in [2.75, 3.05) is 13.1 Å². The molecule has 0 aromatic heterocycles. The zero-order valence-corrected chi connectivity index (χ0v) is 7.99. The summed E-state index contributed by atoms with van der Waals surface area (Å²) >= 11 is 0. The predicted molar refractivity (Wildman–Crippen MR) is 52.4 cm³/mol. The largest absolute Gasteiger partial charge is 0.473 e. The number of hydrogen-bond donors (Lipinski definition) is 0. The normalized spacial score (nSPS) is 12.0. The fourth-order valence-corrected chi connectivity index (χ4v) is 0.883. The monoisotopic (exact) mass is 168 g/mol. The van der Waals surface area contributed by atoms with Gasteiger partial charge in [-0.3, -0.25) is 0 Å². The average molecular weight is 168 g/mol. The standard InChI is InChI=1S/C10H18NO/c1-4-8-11(5-2)9-7-10-12-6-3/h6-7,9-10H,3-5,8H2,1-2H3/q+1/b10-7+,11-9+. The van der Waals surface area contributed by atoms with Gasteiger partial charge in [0.2, 0.25) is 0 Å². The second-order valence-electron chi connectivity index (χ2n) is 2.41. The molecular weight excluding hydrogens is 150 g/mol. The molecule has 0 saturated heterocycles. The van der Waals surface area contributed by atoms with Crippen LogP contribution in [0.25, 0.3) is 0 Å². The van der Waals surface area contributed by atoms with E-state index >= 15 is 0 Å². The van der Waals surface area contributed by atoms with Crippen LogP contribution in [0.1, 0.15) is 20.3 Å². The van der Waals surface area contributed by atoms with Crippen LogP contribution in [-0.4, -0.2) is 23.9 Å². The van der Waals surface area contributed by atoms with Gasteiger partial charge >= 0.3 is 0 Å². The van der Waals surface area contributed by atoms with Gasteiger partial charge in [-0.1, -0.05) is 13.5 Å². The van der Waals surface area contributed by atoms with E-state index < -0.39 is 0 Å². The summed E-state index contributed by atoms with van der Waals surface area (Å²) < 4.78 is 7.06. The quantitative estimate of drug-likeness (QED) is 0.336. The summed E-state index contributed by atoms with van der Waals surface area (Å²) in [5.41, 5.74) is 0. The number of nitrogens with zero attached hydrogens (tertiary/aromatic N) is 1. The van der Waals surface area contributed by atoms with Crippen LogP contribution in [0, 0.1) is 0 Å². The lowest BCUT2D eigenvalue weighted by Crippen LogP contribution is -2.12. The molecule has 2 nitrogen and oxygen atoms in total. The maximum absolute atomic E-state index is 4.83. The lowest BCUT2D eigenvalue weighted by Gasteiger charge is -1.95. The van der Waals surface area contributed by atoms with E-state index in [2.05, 4.69) is 25.0 Å². The van der Waals surface area contributed by atoms with Crippen molar-refractivity contribution in [2.45, 2.75) is 20.3 Å². The van der Waals surface area contributed by atoms with E-state index in [1.54, 1.807) is 6.26 Å². The summed E-state index contributed by atoms with van der Waals surface area (Å²) in [5.74, 6) is 0. The molecule has 0 N–H and O–H groups in total. The van der Waals surface area contributed by atoms with E-state index in [9.17, 15) is 0 Å². The smallest absolute Gasteiger partial charge is 0.166 e. The molecule has 2 heteroatoms. The van der Waals surface area contributed by atoms with Crippen molar-refractivity contribution in [3.05, 3.63) is 25.2 Å². The van der Waals surface area contributed by atoms with Crippen molar-refractivity contribution in [1.82, 2.24) is 0 Å². The first-order valence-corrected chi connectivity index (χ1v) is 4.35. The van der Waals surface area contributed by atoms with E-state index in [4.69, 9.17) is 4.74 Å². The van der Waals surface area contributed by atoms with Crippen molar-refractivity contribution in [3.63, 3.8) is 0 Å².